The molecule has 2 heterocycles. The minimum atomic E-state index is -0.611. The van der Waals surface area contributed by atoms with E-state index in [1.807, 2.05) is 26.0 Å². The van der Waals surface area contributed by atoms with Gasteiger partial charge in [-0.05, 0) is 31.4 Å². The zero-order chi connectivity index (χ0) is 20.0. The Balaban J connectivity index is 0.00000392. The molecule has 1 aliphatic heterocycles. The van der Waals surface area contributed by atoms with E-state index in [2.05, 4.69) is 34.4 Å². The molecule has 0 aliphatic carbocycles. The van der Waals surface area contributed by atoms with Gasteiger partial charge in [0.25, 0.3) is 0 Å². The Kier molecular flexibility index (Phi) is 12.1. The number of nitrogens with one attached hydrogen (secondary N) is 2. The molecule has 2 unspecified atom stereocenters. The number of morpholine rings is 1. The summed E-state index contributed by atoms with van der Waals surface area (Å²) in [6, 6.07) is 3.29. The average Bonchev–Trinajstić information content (AvgIpc) is 2.63. The summed E-state index contributed by atoms with van der Waals surface area (Å²) >= 11 is 0. The first kappa shape index (κ1) is 27.4. The molecule has 10 heteroatoms. The molecule has 8 nitrogen and oxygen atoms in total. The van der Waals surface area contributed by atoms with E-state index >= 15 is 0 Å². The topological polar surface area (TPSA) is 110 Å². The number of amides is 2. The van der Waals surface area contributed by atoms with Crippen LogP contribution >= 0.6 is 24.8 Å². The molecule has 0 radical (unpaired) electrons. The van der Waals surface area contributed by atoms with Gasteiger partial charge in [0.15, 0.2) is 0 Å². The van der Waals surface area contributed by atoms with E-state index in [0.29, 0.717) is 6.54 Å². The molecule has 4 N–H and O–H groups in total. The minimum absolute atomic E-state index is 0. The molecule has 1 aliphatic rings. The van der Waals surface area contributed by atoms with Crippen molar-refractivity contribution in [2.24, 2.45) is 11.7 Å². The molecule has 0 aromatic carbocycles. The molecule has 1 fully saturated rings. The van der Waals surface area contributed by atoms with Gasteiger partial charge in [-0.2, -0.15) is 0 Å². The summed E-state index contributed by atoms with van der Waals surface area (Å²) in [7, 11) is 0. The van der Waals surface area contributed by atoms with Crippen LogP contribution in [0.25, 0.3) is 0 Å². The van der Waals surface area contributed by atoms with Crippen LogP contribution in [-0.4, -0.2) is 54.7 Å². The van der Waals surface area contributed by atoms with Gasteiger partial charge in [0, 0.05) is 25.8 Å². The number of carbonyl (C=O) groups is 2. The lowest BCUT2D eigenvalue weighted by Gasteiger charge is -2.36. The van der Waals surface area contributed by atoms with Crippen molar-refractivity contribution < 1.29 is 14.3 Å². The van der Waals surface area contributed by atoms with Gasteiger partial charge >= 0.3 is 0 Å². The third-order valence-corrected chi connectivity index (χ3v) is 4.49. The van der Waals surface area contributed by atoms with Crippen LogP contribution in [0.2, 0.25) is 0 Å². The molecule has 29 heavy (non-hydrogen) atoms. The summed E-state index contributed by atoms with van der Waals surface area (Å²) in [6.07, 6.45) is 2.11. The van der Waals surface area contributed by atoms with E-state index in [1.165, 1.54) is 0 Å². The molecular weight excluding hydrogens is 417 g/mol. The molecular formula is C19H33Cl2N5O3. The van der Waals surface area contributed by atoms with E-state index in [0.717, 1.165) is 24.5 Å². The molecule has 2 amide bonds. The molecule has 0 spiro atoms. The van der Waals surface area contributed by atoms with E-state index in [9.17, 15) is 9.59 Å². The fourth-order valence-electron chi connectivity index (χ4n) is 2.92. The van der Waals surface area contributed by atoms with Gasteiger partial charge in [-0.1, -0.05) is 19.9 Å². The molecule has 1 aromatic rings. The van der Waals surface area contributed by atoms with Crippen LogP contribution in [0.4, 0.5) is 5.82 Å². The van der Waals surface area contributed by atoms with E-state index in [1.54, 1.807) is 6.20 Å². The predicted octanol–water partition coefficient (Wildman–Crippen LogP) is 1.25. The molecule has 1 aromatic heterocycles. The lowest BCUT2D eigenvalue weighted by Crippen LogP contribution is -2.47. The van der Waals surface area contributed by atoms with Gasteiger partial charge in [-0.15, -0.1) is 24.8 Å². The van der Waals surface area contributed by atoms with Gasteiger partial charge in [0.1, 0.15) is 5.82 Å². The highest BCUT2D eigenvalue weighted by atomic mass is 35.5. The van der Waals surface area contributed by atoms with Crippen molar-refractivity contribution in [1.82, 2.24) is 15.6 Å². The quantitative estimate of drug-likeness (QED) is 0.577. The standard InChI is InChI=1S/C19H31N5O3.2ClH/c1-12(2)18(20)19(26)23-9-17(25)22-8-15-5-6-16(21-7-15)24-10-13(3)27-14(4)11-24;;/h5-7,12-14,18H,8-11,20H2,1-4H3,(H,22,25)(H,23,26);2*1H/t13?,14?,18-;;/m0../s1. The first-order valence-corrected chi connectivity index (χ1v) is 9.41. The summed E-state index contributed by atoms with van der Waals surface area (Å²) in [6.45, 7) is 9.72. The third kappa shape index (κ3) is 8.74. The summed E-state index contributed by atoms with van der Waals surface area (Å²) < 4.78 is 5.74. The molecule has 0 bridgehead atoms. The Bertz CT molecular complexity index is 635. The number of ether oxygens (including phenoxy) is 1. The number of halogens is 2. The Morgan fingerprint density at radius 1 is 1.21 bits per heavy atom. The lowest BCUT2D eigenvalue weighted by atomic mass is 10.1. The highest BCUT2D eigenvalue weighted by Crippen LogP contribution is 2.18. The van der Waals surface area contributed by atoms with Crippen molar-refractivity contribution in [3.8, 4) is 0 Å². The van der Waals surface area contributed by atoms with E-state index in [4.69, 9.17) is 10.5 Å². The summed E-state index contributed by atoms with van der Waals surface area (Å²) in [5.41, 5.74) is 6.64. The van der Waals surface area contributed by atoms with Gasteiger partial charge in [-0.3, -0.25) is 9.59 Å². The van der Waals surface area contributed by atoms with Crippen LogP contribution in [-0.2, 0) is 20.9 Å². The molecule has 3 atom stereocenters. The molecule has 0 saturated carbocycles. The maximum absolute atomic E-state index is 11.9. The number of hydrogen-bond donors (Lipinski definition) is 3. The predicted molar refractivity (Wildman–Crippen MR) is 119 cm³/mol. The molecule has 1 saturated heterocycles. The second-order valence-corrected chi connectivity index (χ2v) is 7.45. The summed E-state index contributed by atoms with van der Waals surface area (Å²) in [5, 5.41) is 5.32. The number of aromatic nitrogens is 1. The Labute approximate surface area is 185 Å². The molecule has 2 rings (SSSR count). The summed E-state index contributed by atoms with van der Waals surface area (Å²) in [4.78, 5) is 30.3. The zero-order valence-electron chi connectivity index (χ0n) is 17.4. The number of pyridine rings is 1. The van der Waals surface area contributed by atoms with Crippen molar-refractivity contribution in [1.29, 1.82) is 0 Å². The largest absolute Gasteiger partial charge is 0.372 e. The SMILES string of the molecule is CC1CN(c2ccc(CNC(=O)CNC(=O)[C@@H](N)C(C)C)cn2)CC(C)O1.Cl.Cl. The highest BCUT2D eigenvalue weighted by molar-refractivity contribution is 5.87. The normalized spacial score (nSPS) is 19.6. The lowest BCUT2D eigenvalue weighted by molar-refractivity contribution is -0.127. The first-order valence-electron chi connectivity index (χ1n) is 9.41. The Morgan fingerprint density at radius 3 is 2.34 bits per heavy atom. The summed E-state index contributed by atoms with van der Waals surface area (Å²) in [5.74, 6) is 0.344. The maximum Gasteiger partial charge on any atom is 0.239 e. The van der Waals surface area contributed by atoms with Crippen molar-refractivity contribution in [2.75, 3.05) is 24.5 Å². The van der Waals surface area contributed by atoms with Crippen LogP contribution in [0.15, 0.2) is 18.3 Å². The van der Waals surface area contributed by atoms with Crippen molar-refractivity contribution in [3.05, 3.63) is 23.9 Å². The fraction of sp³-hybridized carbons (Fsp3) is 0.632. The number of hydrogen-bond acceptors (Lipinski definition) is 6. The minimum Gasteiger partial charge on any atom is -0.372 e. The van der Waals surface area contributed by atoms with Crippen molar-refractivity contribution in [3.63, 3.8) is 0 Å². The monoisotopic (exact) mass is 449 g/mol. The van der Waals surface area contributed by atoms with E-state index in [-0.39, 0.29) is 61.3 Å². The number of anilines is 1. The third-order valence-electron chi connectivity index (χ3n) is 4.49. The van der Waals surface area contributed by atoms with Gasteiger partial charge in [-0.25, -0.2) is 4.98 Å². The first-order chi connectivity index (χ1) is 12.8. The second kappa shape index (κ2) is 12.8. The number of nitrogens with zero attached hydrogens (tertiary/aromatic N) is 2. The van der Waals surface area contributed by atoms with Crippen LogP contribution in [0.3, 0.4) is 0 Å². The second-order valence-electron chi connectivity index (χ2n) is 7.45. The van der Waals surface area contributed by atoms with Crippen molar-refractivity contribution >= 4 is 42.4 Å². The van der Waals surface area contributed by atoms with Crippen molar-refractivity contribution in [2.45, 2.75) is 52.5 Å². The smallest absolute Gasteiger partial charge is 0.239 e. The van der Waals surface area contributed by atoms with Crippen LogP contribution < -0.4 is 21.3 Å². The maximum atomic E-state index is 11.9. The van der Waals surface area contributed by atoms with Crippen LogP contribution in [0.1, 0.15) is 33.3 Å². The Hall–Kier alpha value is -1.61. The fourth-order valence-corrected chi connectivity index (χ4v) is 2.92. The number of carbonyl (C=O) groups excluding carboxylic acids is 2. The van der Waals surface area contributed by atoms with Gasteiger partial charge in [0.2, 0.25) is 11.8 Å². The number of nitrogens with two attached hydrogens (primary N) is 1. The van der Waals surface area contributed by atoms with Crippen LogP contribution in [0.5, 0.6) is 0 Å². The van der Waals surface area contributed by atoms with Gasteiger partial charge in [0.05, 0.1) is 24.8 Å². The van der Waals surface area contributed by atoms with E-state index < -0.39 is 6.04 Å². The average molecular weight is 450 g/mol. The highest BCUT2D eigenvalue weighted by Gasteiger charge is 2.23. The van der Waals surface area contributed by atoms with Gasteiger partial charge < -0.3 is 26.0 Å². The zero-order valence-corrected chi connectivity index (χ0v) is 19.0. The molecule has 166 valence electrons. The number of rotatable bonds is 7. The Morgan fingerprint density at radius 2 is 1.83 bits per heavy atom. The van der Waals surface area contributed by atoms with Crippen LogP contribution in [0, 0.1) is 5.92 Å².